The van der Waals surface area contributed by atoms with E-state index in [1.807, 2.05) is 19.1 Å². The molecule has 3 nitrogen and oxygen atoms in total. The second-order valence-corrected chi connectivity index (χ2v) is 5.12. The van der Waals surface area contributed by atoms with Crippen LogP contribution >= 0.6 is 0 Å². The third kappa shape index (κ3) is 3.06. The predicted octanol–water partition coefficient (Wildman–Crippen LogP) is 1.63. The highest BCUT2D eigenvalue weighted by molar-refractivity contribution is 7.84. The van der Waals surface area contributed by atoms with Gasteiger partial charge in [-0.15, -0.1) is 0 Å². The summed E-state index contributed by atoms with van der Waals surface area (Å²) in [6, 6.07) is 3.92. The molecule has 0 aliphatic heterocycles. The van der Waals surface area contributed by atoms with Crippen LogP contribution in [0.2, 0.25) is 0 Å². The molecule has 1 aromatic rings. The van der Waals surface area contributed by atoms with Gasteiger partial charge in [-0.3, -0.25) is 4.21 Å². The van der Waals surface area contributed by atoms with Crippen LogP contribution in [0.4, 0.5) is 0 Å². The second-order valence-electron chi connectivity index (χ2n) is 3.78. The van der Waals surface area contributed by atoms with Gasteiger partial charge in [0.1, 0.15) is 5.75 Å². The molecule has 0 aliphatic carbocycles. The SMILES string of the molecule is COc1cc(C)c(S(C)=O)cc1CCCN. The molecule has 0 heterocycles. The lowest BCUT2D eigenvalue weighted by Gasteiger charge is -2.12. The number of aryl methyl sites for hydroxylation is 2. The summed E-state index contributed by atoms with van der Waals surface area (Å²) >= 11 is 0. The summed E-state index contributed by atoms with van der Waals surface area (Å²) in [7, 11) is 0.703. The van der Waals surface area contributed by atoms with Crippen LogP contribution in [0, 0.1) is 6.92 Å². The van der Waals surface area contributed by atoms with Gasteiger partial charge in [-0.2, -0.15) is 0 Å². The van der Waals surface area contributed by atoms with Crippen LogP contribution in [-0.2, 0) is 17.2 Å². The maximum atomic E-state index is 11.5. The number of nitrogens with two attached hydrogens (primary N) is 1. The Hall–Kier alpha value is -0.870. The zero-order valence-electron chi connectivity index (χ0n) is 10.1. The van der Waals surface area contributed by atoms with E-state index in [4.69, 9.17) is 10.5 Å². The lowest BCUT2D eigenvalue weighted by atomic mass is 10.1. The molecule has 0 saturated carbocycles. The van der Waals surface area contributed by atoms with Gasteiger partial charge >= 0.3 is 0 Å². The minimum Gasteiger partial charge on any atom is -0.496 e. The molecule has 0 spiro atoms. The molecule has 1 aromatic carbocycles. The minimum absolute atomic E-state index is 0.654. The van der Waals surface area contributed by atoms with Gasteiger partial charge in [-0.25, -0.2) is 0 Å². The van der Waals surface area contributed by atoms with E-state index in [1.165, 1.54) is 0 Å². The van der Waals surface area contributed by atoms with Crippen LogP contribution in [0.3, 0.4) is 0 Å². The number of hydrogen-bond donors (Lipinski definition) is 1. The minimum atomic E-state index is -0.953. The van der Waals surface area contributed by atoms with Gasteiger partial charge in [0.2, 0.25) is 0 Å². The molecule has 16 heavy (non-hydrogen) atoms. The topological polar surface area (TPSA) is 52.3 Å². The van der Waals surface area contributed by atoms with Crippen LogP contribution in [0.1, 0.15) is 17.5 Å². The molecule has 90 valence electrons. The van der Waals surface area contributed by atoms with Gasteiger partial charge in [0.25, 0.3) is 0 Å². The van der Waals surface area contributed by atoms with E-state index < -0.39 is 10.8 Å². The quantitative estimate of drug-likeness (QED) is 0.852. The van der Waals surface area contributed by atoms with Crippen molar-refractivity contribution in [2.45, 2.75) is 24.7 Å². The first-order chi connectivity index (χ1) is 7.60. The summed E-state index contributed by atoms with van der Waals surface area (Å²) in [6.07, 6.45) is 3.47. The van der Waals surface area contributed by atoms with Crippen molar-refractivity contribution in [3.63, 3.8) is 0 Å². The number of hydrogen-bond acceptors (Lipinski definition) is 3. The van der Waals surface area contributed by atoms with Gasteiger partial charge in [0, 0.05) is 11.2 Å². The molecular weight excluding hydrogens is 222 g/mol. The first kappa shape index (κ1) is 13.2. The average Bonchev–Trinajstić information content (AvgIpc) is 2.26. The largest absolute Gasteiger partial charge is 0.496 e. The predicted molar refractivity (Wildman–Crippen MR) is 67.4 cm³/mol. The lowest BCUT2D eigenvalue weighted by molar-refractivity contribution is 0.408. The van der Waals surface area contributed by atoms with Crippen molar-refractivity contribution < 1.29 is 8.95 Å². The molecule has 1 rings (SSSR count). The third-order valence-corrected chi connectivity index (χ3v) is 3.60. The third-order valence-electron chi connectivity index (χ3n) is 2.54. The highest BCUT2D eigenvalue weighted by Crippen LogP contribution is 2.26. The van der Waals surface area contributed by atoms with Crippen LogP contribution in [0.5, 0.6) is 5.75 Å². The normalized spacial score (nSPS) is 12.5. The summed E-state index contributed by atoms with van der Waals surface area (Å²) < 4.78 is 16.9. The molecule has 4 heteroatoms. The Bertz CT molecular complexity index is 391. The number of rotatable bonds is 5. The van der Waals surface area contributed by atoms with Crippen molar-refractivity contribution in [1.82, 2.24) is 0 Å². The molecule has 2 N–H and O–H groups in total. The molecule has 0 aromatic heterocycles. The first-order valence-electron chi connectivity index (χ1n) is 5.31. The fraction of sp³-hybridized carbons (Fsp3) is 0.500. The van der Waals surface area contributed by atoms with E-state index in [2.05, 4.69) is 0 Å². The summed E-state index contributed by atoms with van der Waals surface area (Å²) in [5.41, 5.74) is 7.59. The van der Waals surface area contributed by atoms with E-state index in [0.717, 1.165) is 34.6 Å². The Labute approximate surface area is 99.4 Å². The van der Waals surface area contributed by atoms with Crippen molar-refractivity contribution in [1.29, 1.82) is 0 Å². The Morgan fingerprint density at radius 3 is 2.62 bits per heavy atom. The summed E-state index contributed by atoms with van der Waals surface area (Å²) in [5.74, 6) is 0.861. The van der Waals surface area contributed by atoms with Crippen LogP contribution in [-0.4, -0.2) is 24.1 Å². The average molecular weight is 241 g/mol. The maximum Gasteiger partial charge on any atom is 0.122 e. The van der Waals surface area contributed by atoms with E-state index >= 15 is 0 Å². The molecular formula is C12H19NO2S. The Morgan fingerprint density at radius 2 is 2.12 bits per heavy atom. The highest BCUT2D eigenvalue weighted by atomic mass is 32.2. The van der Waals surface area contributed by atoms with Crippen LogP contribution < -0.4 is 10.5 Å². The molecule has 0 fully saturated rings. The van der Waals surface area contributed by atoms with E-state index in [0.29, 0.717) is 6.54 Å². The number of methoxy groups -OCH3 is 1. The van der Waals surface area contributed by atoms with Crippen molar-refractivity contribution in [2.75, 3.05) is 19.9 Å². The molecule has 0 radical (unpaired) electrons. The maximum absolute atomic E-state index is 11.5. The molecule has 1 unspecified atom stereocenters. The number of ether oxygens (including phenoxy) is 1. The molecule has 0 amide bonds. The summed E-state index contributed by atoms with van der Waals surface area (Å²) in [5, 5.41) is 0. The monoisotopic (exact) mass is 241 g/mol. The van der Waals surface area contributed by atoms with Crippen molar-refractivity contribution in [2.24, 2.45) is 5.73 Å². The smallest absolute Gasteiger partial charge is 0.122 e. The lowest BCUT2D eigenvalue weighted by Crippen LogP contribution is -2.03. The van der Waals surface area contributed by atoms with Gasteiger partial charge < -0.3 is 10.5 Å². The fourth-order valence-corrected chi connectivity index (χ4v) is 2.51. The van der Waals surface area contributed by atoms with E-state index in [1.54, 1.807) is 13.4 Å². The van der Waals surface area contributed by atoms with E-state index in [9.17, 15) is 4.21 Å². The Kier molecular flexibility index (Phi) is 4.96. The Balaban J connectivity index is 3.12. The summed E-state index contributed by atoms with van der Waals surface area (Å²) in [4.78, 5) is 0.882. The zero-order valence-corrected chi connectivity index (χ0v) is 10.9. The highest BCUT2D eigenvalue weighted by Gasteiger charge is 2.09. The molecule has 0 bridgehead atoms. The molecule has 1 atom stereocenters. The second kappa shape index (κ2) is 6.01. The fourth-order valence-electron chi connectivity index (χ4n) is 1.69. The van der Waals surface area contributed by atoms with Crippen molar-refractivity contribution in [3.8, 4) is 5.75 Å². The van der Waals surface area contributed by atoms with Crippen LogP contribution in [0.15, 0.2) is 17.0 Å². The van der Waals surface area contributed by atoms with Crippen molar-refractivity contribution >= 4 is 10.8 Å². The summed E-state index contributed by atoms with van der Waals surface area (Å²) in [6.45, 7) is 2.60. The molecule has 0 saturated heterocycles. The number of benzene rings is 1. The molecule has 0 aliphatic rings. The van der Waals surface area contributed by atoms with Gasteiger partial charge in [-0.1, -0.05) is 0 Å². The Morgan fingerprint density at radius 1 is 1.44 bits per heavy atom. The van der Waals surface area contributed by atoms with Gasteiger partial charge in [-0.05, 0) is 49.6 Å². The zero-order chi connectivity index (χ0) is 12.1. The van der Waals surface area contributed by atoms with E-state index in [-0.39, 0.29) is 0 Å². The van der Waals surface area contributed by atoms with Crippen molar-refractivity contribution in [3.05, 3.63) is 23.3 Å². The van der Waals surface area contributed by atoms with Crippen LogP contribution in [0.25, 0.3) is 0 Å². The van der Waals surface area contributed by atoms with Gasteiger partial charge in [0.05, 0.1) is 17.9 Å². The van der Waals surface area contributed by atoms with Gasteiger partial charge in [0.15, 0.2) is 0 Å². The standard InChI is InChI=1S/C12H19NO2S/c1-9-7-11(15-2)10(5-4-6-13)8-12(9)16(3)14/h7-8H,4-6,13H2,1-3H3. The first-order valence-corrected chi connectivity index (χ1v) is 6.87.